The molecule has 1 heterocycles. The summed E-state index contributed by atoms with van der Waals surface area (Å²) < 4.78 is 0. The van der Waals surface area contributed by atoms with Crippen LogP contribution in [-0.2, 0) is 0 Å². The Hall–Kier alpha value is -0.630. The summed E-state index contributed by atoms with van der Waals surface area (Å²) in [6.45, 7) is 0. The molecule has 0 N–H and O–H groups in total. The van der Waals surface area contributed by atoms with Crippen LogP contribution >= 0.6 is 11.6 Å². The Balaban J connectivity index is 2.28. The molecule has 10 heavy (non-hydrogen) atoms. The van der Waals surface area contributed by atoms with Gasteiger partial charge in [0.25, 0.3) is 0 Å². The molecule has 0 saturated heterocycles. The predicted molar refractivity (Wildman–Crippen MR) is 39.0 cm³/mol. The van der Waals surface area contributed by atoms with Gasteiger partial charge in [0.05, 0.1) is 5.69 Å². The van der Waals surface area contributed by atoms with Crippen molar-refractivity contribution in [2.75, 3.05) is 0 Å². The third-order valence-corrected chi connectivity index (χ3v) is 1.85. The van der Waals surface area contributed by atoms with Gasteiger partial charge < -0.3 is 0 Å². The number of aromatic nitrogens is 2. The smallest absolute Gasteiger partial charge is 0.151 e. The van der Waals surface area contributed by atoms with Gasteiger partial charge in [-0.3, -0.25) is 0 Å². The Morgan fingerprint density at radius 2 is 2.10 bits per heavy atom. The molecule has 1 aliphatic carbocycles. The summed E-state index contributed by atoms with van der Waals surface area (Å²) in [5.74, 6) is 0.671. The van der Waals surface area contributed by atoms with E-state index in [1.807, 2.05) is 6.07 Å². The van der Waals surface area contributed by atoms with Crippen LogP contribution < -0.4 is 0 Å². The average Bonchev–Trinajstić information content (AvgIpc) is 2.71. The summed E-state index contributed by atoms with van der Waals surface area (Å²) in [4.78, 5) is 0. The Bertz CT molecular complexity index is 228. The third kappa shape index (κ3) is 1.12. The minimum atomic E-state index is 0.476. The van der Waals surface area contributed by atoms with Gasteiger partial charge in [-0.1, -0.05) is 11.6 Å². The van der Waals surface area contributed by atoms with E-state index in [1.165, 1.54) is 12.8 Å². The molecule has 1 aromatic heterocycles. The largest absolute Gasteiger partial charge is 0.154 e. The first kappa shape index (κ1) is 6.10. The Labute approximate surface area is 64.2 Å². The molecule has 1 aromatic rings. The van der Waals surface area contributed by atoms with Gasteiger partial charge in [-0.25, -0.2) is 0 Å². The van der Waals surface area contributed by atoms with Crippen LogP contribution in [0.5, 0.6) is 0 Å². The molecule has 0 bridgehead atoms. The molecule has 0 atom stereocenters. The predicted octanol–water partition coefficient (Wildman–Crippen LogP) is 2.01. The second-order valence-corrected chi connectivity index (χ2v) is 2.94. The maximum Gasteiger partial charge on any atom is 0.151 e. The summed E-state index contributed by atoms with van der Waals surface area (Å²) in [7, 11) is 0. The quantitative estimate of drug-likeness (QED) is 0.619. The van der Waals surface area contributed by atoms with Gasteiger partial charge in [-0.05, 0) is 25.0 Å². The van der Waals surface area contributed by atoms with Crippen molar-refractivity contribution in [1.82, 2.24) is 10.2 Å². The van der Waals surface area contributed by atoms with Crippen LogP contribution in [0.2, 0.25) is 5.15 Å². The third-order valence-electron chi connectivity index (χ3n) is 1.65. The number of halogens is 1. The van der Waals surface area contributed by atoms with Crippen LogP contribution in [0.4, 0.5) is 0 Å². The lowest BCUT2D eigenvalue weighted by Crippen LogP contribution is -1.88. The van der Waals surface area contributed by atoms with E-state index in [0.29, 0.717) is 11.1 Å². The van der Waals surface area contributed by atoms with E-state index in [-0.39, 0.29) is 0 Å². The van der Waals surface area contributed by atoms with E-state index in [1.54, 1.807) is 6.07 Å². The molecular formula is C7H7ClN2. The first-order valence-corrected chi connectivity index (χ1v) is 3.73. The molecular weight excluding hydrogens is 148 g/mol. The zero-order valence-electron chi connectivity index (χ0n) is 5.42. The van der Waals surface area contributed by atoms with Crippen molar-refractivity contribution in [2.45, 2.75) is 18.8 Å². The normalized spacial score (nSPS) is 17.3. The van der Waals surface area contributed by atoms with Crippen LogP contribution in [0.25, 0.3) is 0 Å². The maximum absolute atomic E-state index is 5.56. The number of hydrogen-bond acceptors (Lipinski definition) is 2. The second kappa shape index (κ2) is 2.20. The van der Waals surface area contributed by atoms with Crippen molar-refractivity contribution >= 4 is 11.6 Å². The van der Waals surface area contributed by atoms with Crippen molar-refractivity contribution in [3.8, 4) is 0 Å². The van der Waals surface area contributed by atoms with E-state index >= 15 is 0 Å². The van der Waals surface area contributed by atoms with Crippen molar-refractivity contribution < 1.29 is 0 Å². The lowest BCUT2D eigenvalue weighted by molar-refractivity contribution is 0.911. The molecule has 0 unspecified atom stereocenters. The summed E-state index contributed by atoms with van der Waals surface area (Å²) >= 11 is 5.56. The zero-order chi connectivity index (χ0) is 6.97. The van der Waals surface area contributed by atoms with Crippen LogP contribution in [-0.4, -0.2) is 10.2 Å². The van der Waals surface area contributed by atoms with Crippen molar-refractivity contribution in [1.29, 1.82) is 0 Å². The fourth-order valence-corrected chi connectivity index (χ4v) is 1.02. The highest BCUT2D eigenvalue weighted by atomic mass is 35.5. The van der Waals surface area contributed by atoms with E-state index < -0.39 is 0 Å². The van der Waals surface area contributed by atoms with Gasteiger partial charge in [-0.2, -0.15) is 5.10 Å². The van der Waals surface area contributed by atoms with Crippen molar-refractivity contribution in [3.63, 3.8) is 0 Å². The molecule has 0 aromatic carbocycles. The molecule has 1 fully saturated rings. The molecule has 0 amide bonds. The van der Waals surface area contributed by atoms with Gasteiger partial charge in [0, 0.05) is 5.92 Å². The highest BCUT2D eigenvalue weighted by Gasteiger charge is 2.24. The second-order valence-electron chi connectivity index (χ2n) is 2.56. The molecule has 2 rings (SSSR count). The molecule has 3 heteroatoms. The number of hydrogen-bond donors (Lipinski definition) is 0. The first-order valence-electron chi connectivity index (χ1n) is 3.35. The first-order chi connectivity index (χ1) is 4.86. The molecule has 2 nitrogen and oxygen atoms in total. The maximum atomic E-state index is 5.56. The standard InChI is InChI=1S/C7H7ClN2/c8-7-4-3-6(9-10-7)5-1-2-5/h3-5H,1-2H2. The number of rotatable bonds is 1. The van der Waals surface area contributed by atoms with Gasteiger partial charge in [0.2, 0.25) is 0 Å². The lowest BCUT2D eigenvalue weighted by Gasteiger charge is -1.92. The SMILES string of the molecule is Clc1ccc(C2CC2)nn1. The van der Waals surface area contributed by atoms with E-state index in [9.17, 15) is 0 Å². The van der Waals surface area contributed by atoms with Crippen LogP contribution in [0.1, 0.15) is 24.5 Å². The van der Waals surface area contributed by atoms with Crippen LogP contribution in [0.3, 0.4) is 0 Å². The fourth-order valence-electron chi connectivity index (χ4n) is 0.923. The number of nitrogens with zero attached hydrogens (tertiary/aromatic N) is 2. The molecule has 52 valence electrons. The van der Waals surface area contributed by atoms with Gasteiger partial charge >= 0.3 is 0 Å². The highest BCUT2D eigenvalue weighted by Crippen LogP contribution is 2.38. The summed E-state index contributed by atoms with van der Waals surface area (Å²) in [5.41, 5.74) is 1.09. The van der Waals surface area contributed by atoms with Gasteiger partial charge in [0.15, 0.2) is 5.15 Å². The molecule has 0 radical (unpaired) electrons. The Morgan fingerprint density at radius 3 is 2.60 bits per heavy atom. The minimum Gasteiger partial charge on any atom is -0.154 e. The minimum absolute atomic E-state index is 0.476. The van der Waals surface area contributed by atoms with Gasteiger partial charge in [0.1, 0.15) is 0 Å². The monoisotopic (exact) mass is 154 g/mol. The van der Waals surface area contributed by atoms with Crippen LogP contribution in [0, 0.1) is 0 Å². The summed E-state index contributed by atoms with van der Waals surface area (Å²) in [6, 6.07) is 3.75. The lowest BCUT2D eigenvalue weighted by atomic mass is 10.3. The van der Waals surface area contributed by atoms with Crippen LogP contribution in [0.15, 0.2) is 12.1 Å². The molecule has 1 saturated carbocycles. The zero-order valence-corrected chi connectivity index (χ0v) is 6.17. The highest BCUT2D eigenvalue weighted by molar-refractivity contribution is 6.29. The molecule has 0 spiro atoms. The molecule has 0 aliphatic heterocycles. The topological polar surface area (TPSA) is 25.8 Å². The van der Waals surface area contributed by atoms with E-state index in [0.717, 1.165) is 5.69 Å². The Kier molecular flexibility index (Phi) is 1.34. The fraction of sp³-hybridized carbons (Fsp3) is 0.429. The Morgan fingerprint density at radius 1 is 1.30 bits per heavy atom. The summed E-state index contributed by atoms with van der Waals surface area (Å²) in [5, 5.41) is 8.19. The summed E-state index contributed by atoms with van der Waals surface area (Å²) in [6.07, 6.45) is 2.52. The van der Waals surface area contributed by atoms with E-state index in [4.69, 9.17) is 11.6 Å². The van der Waals surface area contributed by atoms with Crippen molar-refractivity contribution in [3.05, 3.63) is 23.0 Å². The van der Waals surface area contributed by atoms with Crippen molar-refractivity contribution in [2.24, 2.45) is 0 Å². The van der Waals surface area contributed by atoms with Gasteiger partial charge in [-0.15, -0.1) is 5.10 Å². The van der Waals surface area contributed by atoms with E-state index in [2.05, 4.69) is 10.2 Å². The molecule has 1 aliphatic rings. The average molecular weight is 155 g/mol.